The fourth-order valence-corrected chi connectivity index (χ4v) is 4.13. The molecule has 3 aromatic heterocycles. The summed E-state index contributed by atoms with van der Waals surface area (Å²) < 4.78 is 25.0. The SMILES string of the molecule is Cc1cccnc1-c1cc2cccnc2c(CC(=O)N(c2ccccc2)S(N)(=O)=O)n1. The summed E-state index contributed by atoms with van der Waals surface area (Å²) in [4.78, 5) is 26.5. The molecule has 1 amide bonds. The van der Waals surface area contributed by atoms with Crippen LogP contribution in [0.3, 0.4) is 0 Å². The summed E-state index contributed by atoms with van der Waals surface area (Å²) in [5.41, 5.74) is 3.18. The minimum atomic E-state index is -4.34. The number of nitrogens with zero attached hydrogens (tertiary/aromatic N) is 4. The molecule has 0 aliphatic carbocycles. The van der Waals surface area contributed by atoms with E-state index in [1.807, 2.05) is 31.2 Å². The highest BCUT2D eigenvalue weighted by atomic mass is 32.2. The van der Waals surface area contributed by atoms with E-state index in [1.165, 1.54) is 12.1 Å². The minimum Gasteiger partial charge on any atom is -0.273 e. The van der Waals surface area contributed by atoms with Gasteiger partial charge in [-0.25, -0.2) is 10.1 Å². The second kappa shape index (κ2) is 8.21. The number of hydrogen-bond acceptors (Lipinski definition) is 6. The van der Waals surface area contributed by atoms with E-state index < -0.39 is 16.1 Å². The first-order valence-electron chi connectivity index (χ1n) is 9.42. The highest BCUT2D eigenvalue weighted by Crippen LogP contribution is 2.26. The van der Waals surface area contributed by atoms with Gasteiger partial charge in [-0.2, -0.15) is 12.7 Å². The van der Waals surface area contributed by atoms with Crippen molar-refractivity contribution >= 4 is 32.7 Å². The lowest BCUT2D eigenvalue weighted by Gasteiger charge is -2.20. The van der Waals surface area contributed by atoms with Crippen molar-refractivity contribution in [2.45, 2.75) is 13.3 Å². The van der Waals surface area contributed by atoms with E-state index >= 15 is 0 Å². The highest BCUT2D eigenvalue weighted by molar-refractivity contribution is 7.91. The predicted octanol–water partition coefficient (Wildman–Crippen LogP) is 2.78. The first kappa shape index (κ1) is 20.6. The number of aryl methyl sites for hydroxylation is 1. The Labute approximate surface area is 179 Å². The Morgan fingerprint density at radius 1 is 1.00 bits per heavy atom. The molecule has 0 radical (unpaired) electrons. The van der Waals surface area contributed by atoms with Gasteiger partial charge in [-0.1, -0.05) is 30.3 Å². The van der Waals surface area contributed by atoms with Crippen molar-refractivity contribution < 1.29 is 13.2 Å². The first-order valence-corrected chi connectivity index (χ1v) is 10.9. The van der Waals surface area contributed by atoms with Crippen LogP contribution in [-0.4, -0.2) is 29.3 Å². The average molecular weight is 433 g/mol. The number of hydrogen-bond donors (Lipinski definition) is 1. The lowest BCUT2D eigenvalue weighted by molar-refractivity contribution is -0.116. The Morgan fingerprint density at radius 2 is 1.71 bits per heavy atom. The van der Waals surface area contributed by atoms with Gasteiger partial charge in [-0.3, -0.25) is 14.8 Å². The Balaban J connectivity index is 1.82. The molecule has 3 heterocycles. The van der Waals surface area contributed by atoms with Gasteiger partial charge in [0, 0.05) is 17.8 Å². The number of carbonyl (C=O) groups excluding carboxylic acids is 1. The smallest absolute Gasteiger partial charge is 0.273 e. The molecule has 9 heteroatoms. The Kier molecular flexibility index (Phi) is 5.45. The third kappa shape index (κ3) is 4.27. The molecule has 0 bridgehead atoms. The first-order chi connectivity index (χ1) is 14.8. The summed E-state index contributed by atoms with van der Waals surface area (Å²) in [5, 5.41) is 6.12. The van der Waals surface area contributed by atoms with E-state index in [1.54, 1.807) is 36.7 Å². The molecule has 31 heavy (non-hydrogen) atoms. The van der Waals surface area contributed by atoms with E-state index in [2.05, 4.69) is 15.0 Å². The summed E-state index contributed by atoms with van der Waals surface area (Å²) >= 11 is 0. The number of pyridine rings is 3. The molecule has 0 fully saturated rings. The highest BCUT2D eigenvalue weighted by Gasteiger charge is 2.27. The van der Waals surface area contributed by atoms with Crippen LogP contribution in [0.25, 0.3) is 22.3 Å². The number of anilines is 1. The van der Waals surface area contributed by atoms with Crippen LogP contribution in [0.1, 0.15) is 11.3 Å². The zero-order chi connectivity index (χ0) is 22.0. The number of fused-ring (bicyclic) bond motifs is 1. The monoisotopic (exact) mass is 433 g/mol. The van der Waals surface area contributed by atoms with Crippen LogP contribution in [-0.2, 0) is 21.4 Å². The van der Waals surface area contributed by atoms with Gasteiger partial charge in [0.1, 0.15) is 0 Å². The maximum atomic E-state index is 13.1. The van der Waals surface area contributed by atoms with E-state index in [-0.39, 0.29) is 12.1 Å². The van der Waals surface area contributed by atoms with E-state index in [0.717, 1.165) is 10.9 Å². The number of nitrogens with two attached hydrogens (primary N) is 1. The van der Waals surface area contributed by atoms with Crippen molar-refractivity contribution in [2.24, 2.45) is 5.14 Å². The molecule has 4 aromatic rings. The molecule has 0 unspecified atom stereocenters. The fraction of sp³-hybridized carbons (Fsp3) is 0.0909. The molecule has 0 atom stereocenters. The largest absolute Gasteiger partial charge is 0.305 e. The molecule has 1 aromatic carbocycles. The minimum absolute atomic E-state index is 0.156. The van der Waals surface area contributed by atoms with Crippen molar-refractivity contribution in [3.05, 3.63) is 84.3 Å². The third-order valence-electron chi connectivity index (χ3n) is 4.70. The van der Waals surface area contributed by atoms with Crippen molar-refractivity contribution in [3.63, 3.8) is 0 Å². The Morgan fingerprint density at radius 3 is 2.42 bits per heavy atom. The lowest BCUT2D eigenvalue weighted by Crippen LogP contribution is -2.42. The normalized spacial score (nSPS) is 11.4. The zero-order valence-corrected chi connectivity index (χ0v) is 17.5. The molecular weight excluding hydrogens is 414 g/mol. The quantitative estimate of drug-likeness (QED) is 0.517. The van der Waals surface area contributed by atoms with Crippen LogP contribution in [0, 0.1) is 6.92 Å². The number of benzene rings is 1. The van der Waals surface area contributed by atoms with Crippen LogP contribution in [0.5, 0.6) is 0 Å². The molecule has 0 spiro atoms. The average Bonchev–Trinajstić information content (AvgIpc) is 2.74. The summed E-state index contributed by atoms with van der Waals surface area (Å²) in [6, 6.07) is 17.2. The van der Waals surface area contributed by atoms with Gasteiger partial charge in [0.15, 0.2) is 0 Å². The van der Waals surface area contributed by atoms with Crippen LogP contribution in [0.4, 0.5) is 5.69 Å². The Bertz CT molecular complexity index is 1370. The fourth-order valence-electron chi connectivity index (χ4n) is 3.36. The molecule has 0 aliphatic rings. The molecular formula is C22H19N5O3S. The molecule has 0 saturated carbocycles. The van der Waals surface area contributed by atoms with Crippen LogP contribution >= 0.6 is 0 Å². The van der Waals surface area contributed by atoms with Crippen molar-refractivity contribution in [1.29, 1.82) is 0 Å². The maximum Gasteiger partial charge on any atom is 0.305 e. The third-order valence-corrected chi connectivity index (χ3v) is 5.63. The standard InChI is InChI=1S/C22H19N5O3S/c1-15-7-5-11-24-21(15)18-13-16-8-6-12-25-22(16)19(26-18)14-20(28)27(31(23,29)30)17-9-3-2-4-10-17/h2-13H,14H2,1H3,(H2,23,29,30). The van der Waals surface area contributed by atoms with Crippen LogP contribution in [0.15, 0.2) is 73.1 Å². The molecule has 8 nitrogen and oxygen atoms in total. The van der Waals surface area contributed by atoms with Crippen LogP contribution < -0.4 is 9.44 Å². The van der Waals surface area contributed by atoms with Crippen molar-refractivity contribution in [1.82, 2.24) is 15.0 Å². The van der Waals surface area contributed by atoms with Gasteiger partial charge in [-0.05, 0) is 42.8 Å². The summed E-state index contributed by atoms with van der Waals surface area (Å²) in [7, 11) is -4.34. The summed E-state index contributed by atoms with van der Waals surface area (Å²) in [6.07, 6.45) is 2.96. The summed E-state index contributed by atoms with van der Waals surface area (Å²) in [6.45, 7) is 1.92. The van der Waals surface area contributed by atoms with Crippen LogP contribution in [0.2, 0.25) is 0 Å². The van der Waals surface area contributed by atoms with Gasteiger partial charge in [0.25, 0.3) is 0 Å². The molecule has 0 aliphatic heterocycles. The van der Waals surface area contributed by atoms with E-state index in [0.29, 0.717) is 26.9 Å². The van der Waals surface area contributed by atoms with Crippen molar-refractivity contribution in [2.75, 3.05) is 4.31 Å². The summed E-state index contributed by atoms with van der Waals surface area (Å²) in [5.74, 6) is -0.733. The molecule has 156 valence electrons. The second-order valence-corrected chi connectivity index (χ2v) is 8.31. The van der Waals surface area contributed by atoms with Gasteiger partial charge < -0.3 is 0 Å². The number of amides is 1. The number of rotatable bonds is 5. The maximum absolute atomic E-state index is 13.1. The van der Waals surface area contributed by atoms with Gasteiger partial charge in [-0.15, -0.1) is 0 Å². The topological polar surface area (TPSA) is 119 Å². The van der Waals surface area contributed by atoms with E-state index in [9.17, 15) is 13.2 Å². The predicted molar refractivity (Wildman–Crippen MR) is 118 cm³/mol. The number of para-hydroxylation sites is 1. The van der Waals surface area contributed by atoms with Gasteiger partial charge in [0.2, 0.25) is 5.91 Å². The Hall–Kier alpha value is -3.69. The molecule has 4 rings (SSSR count). The van der Waals surface area contributed by atoms with Gasteiger partial charge in [0.05, 0.1) is 34.7 Å². The number of carbonyl (C=O) groups is 1. The van der Waals surface area contributed by atoms with Crippen molar-refractivity contribution in [3.8, 4) is 11.4 Å². The second-order valence-electron chi connectivity index (χ2n) is 6.91. The molecule has 0 saturated heterocycles. The van der Waals surface area contributed by atoms with Gasteiger partial charge >= 0.3 is 10.2 Å². The zero-order valence-electron chi connectivity index (χ0n) is 16.6. The number of aromatic nitrogens is 3. The lowest BCUT2D eigenvalue weighted by atomic mass is 10.1. The molecule has 2 N–H and O–H groups in total. The van der Waals surface area contributed by atoms with E-state index in [4.69, 9.17) is 5.14 Å².